The van der Waals surface area contributed by atoms with Crippen LogP contribution in [0.1, 0.15) is 17.3 Å². The minimum absolute atomic E-state index is 0.128. The second kappa shape index (κ2) is 6.35. The molecule has 0 bridgehead atoms. The van der Waals surface area contributed by atoms with Crippen molar-refractivity contribution >= 4 is 11.6 Å². The molecule has 2 aromatic rings. The van der Waals surface area contributed by atoms with Crippen molar-refractivity contribution in [2.24, 2.45) is 0 Å². The summed E-state index contributed by atoms with van der Waals surface area (Å²) in [6.45, 7) is 2.15. The Kier molecular flexibility index (Phi) is 4.52. The van der Waals surface area contributed by atoms with Crippen LogP contribution in [0.4, 0.5) is 14.5 Å². The molecule has 0 fully saturated rings. The van der Waals surface area contributed by atoms with Crippen molar-refractivity contribution < 1.29 is 18.3 Å². The summed E-state index contributed by atoms with van der Waals surface area (Å²) in [6, 6.07) is 9.31. The maximum absolute atomic E-state index is 13.4. The molecule has 0 aliphatic carbocycles. The van der Waals surface area contributed by atoms with Gasteiger partial charge < -0.3 is 9.64 Å². The summed E-state index contributed by atoms with van der Waals surface area (Å²) in [6.07, 6.45) is 0. The Morgan fingerprint density at radius 3 is 2.29 bits per heavy atom. The Balaban J connectivity index is 2.41. The minimum Gasteiger partial charge on any atom is -0.496 e. The summed E-state index contributed by atoms with van der Waals surface area (Å²) in [5, 5.41) is 0. The van der Waals surface area contributed by atoms with Gasteiger partial charge in [-0.15, -0.1) is 0 Å². The molecule has 0 saturated heterocycles. The first-order valence-corrected chi connectivity index (χ1v) is 6.47. The van der Waals surface area contributed by atoms with Crippen molar-refractivity contribution in [3.8, 4) is 5.75 Å². The monoisotopic (exact) mass is 291 g/mol. The van der Waals surface area contributed by atoms with Crippen LogP contribution in [0.15, 0.2) is 42.5 Å². The summed E-state index contributed by atoms with van der Waals surface area (Å²) < 4.78 is 31.5. The van der Waals surface area contributed by atoms with Gasteiger partial charge in [0.15, 0.2) is 0 Å². The number of hydrogen-bond acceptors (Lipinski definition) is 2. The molecule has 0 aliphatic rings. The Hall–Kier alpha value is -2.43. The Morgan fingerprint density at radius 2 is 1.71 bits per heavy atom. The molecule has 0 unspecified atom stereocenters. The van der Waals surface area contributed by atoms with Crippen LogP contribution in [0.3, 0.4) is 0 Å². The van der Waals surface area contributed by atoms with Gasteiger partial charge in [0.25, 0.3) is 5.91 Å². The number of hydrogen-bond donors (Lipinski definition) is 0. The van der Waals surface area contributed by atoms with Crippen molar-refractivity contribution in [3.63, 3.8) is 0 Å². The molecule has 2 rings (SSSR count). The molecule has 110 valence electrons. The van der Waals surface area contributed by atoms with Crippen LogP contribution in [-0.4, -0.2) is 19.6 Å². The Morgan fingerprint density at radius 1 is 1.10 bits per heavy atom. The van der Waals surface area contributed by atoms with Gasteiger partial charge in [-0.1, -0.05) is 0 Å². The molecule has 2 aromatic carbocycles. The third-order valence-electron chi connectivity index (χ3n) is 3.09. The van der Waals surface area contributed by atoms with Crippen LogP contribution in [0, 0.1) is 11.6 Å². The zero-order valence-electron chi connectivity index (χ0n) is 11.8. The highest BCUT2D eigenvalue weighted by Gasteiger charge is 2.20. The van der Waals surface area contributed by atoms with E-state index in [9.17, 15) is 13.6 Å². The molecule has 0 saturated carbocycles. The lowest BCUT2D eigenvalue weighted by atomic mass is 10.1. The predicted octanol–water partition coefficient (Wildman–Crippen LogP) is 3.64. The van der Waals surface area contributed by atoms with Crippen LogP contribution in [-0.2, 0) is 0 Å². The molecule has 0 N–H and O–H groups in total. The Bertz CT molecular complexity index is 641. The Labute approximate surface area is 121 Å². The standard InChI is InChI=1S/C16H15F2NO2/c1-3-19(13-7-4-11(17)5-8-13)16(20)14-10-12(18)6-9-15(14)21-2/h4-10H,3H2,1-2H3. The first kappa shape index (κ1) is 15.0. The van der Waals surface area contributed by atoms with E-state index >= 15 is 0 Å². The van der Waals surface area contributed by atoms with E-state index in [-0.39, 0.29) is 11.4 Å². The molecule has 0 atom stereocenters. The zero-order valence-corrected chi connectivity index (χ0v) is 11.8. The van der Waals surface area contributed by atoms with Gasteiger partial charge in [0, 0.05) is 12.2 Å². The normalized spacial score (nSPS) is 10.3. The zero-order chi connectivity index (χ0) is 15.4. The van der Waals surface area contributed by atoms with Crippen LogP contribution in [0.2, 0.25) is 0 Å². The number of carbonyl (C=O) groups is 1. The van der Waals surface area contributed by atoms with E-state index in [0.29, 0.717) is 18.0 Å². The maximum Gasteiger partial charge on any atom is 0.262 e. The van der Waals surface area contributed by atoms with Gasteiger partial charge in [-0.25, -0.2) is 8.78 Å². The van der Waals surface area contributed by atoms with Gasteiger partial charge in [0.1, 0.15) is 17.4 Å². The second-order valence-corrected chi connectivity index (χ2v) is 4.37. The third-order valence-corrected chi connectivity index (χ3v) is 3.09. The molecule has 3 nitrogen and oxygen atoms in total. The van der Waals surface area contributed by atoms with E-state index in [1.807, 2.05) is 0 Å². The molecule has 0 radical (unpaired) electrons. The van der Waals surface area contributed by atoms with Crippen LogP contribution >= 0.6 is 0 Å². The maximum atomic E-state index is 13.4. The van der Waals surface area contributed by atoms with Crippen molar-refractivity contribution in [3.05, 3.63) is 59.7 Å². The number of anilines is 1. The fourth-order valence-electron chi connectivity index (χ4n) is 2.06. The lowest BCUT2D eigenvalue weighted by molar-refractivity contribution is 0.0985. The molecular formula is C16H15F2NO2. The fourth-order valence-corrected chi connectivity index (χ4v) is 2.06. The van der Waals surface area contributed by atoms with Crippen molar-refractivity contribution in [1.29, 1.82) is 0 Å². The predicted molar refractivity (Wildman–Crippen MR) is 76.7 cm³/mol. The molecule has 5 heteroatoms. The van der Waals surface area contributed by atoms with Gasteiger partial charge in [0.2, 0.25) is 0 Å². The summed E-state index contributed by atoms with van der Waals surface area (Å²) in [5.41, 5.74) is 0.666. The summed E-state index contributed by atoms with van der Waals surface area (Å²) in [5.74, 6) is -1.01. The lowest BCUT2D eigenvalue weighted by Gasteiger charge is -2.22. The number of rotatable bonds is 4. The smallest absolute Gasteiger partial charge is 0.262 e. The fraction of sp³-hybridized carbons (Fsp3) is 0.188. The van der Waals surface area contributed by atoms with E-state index in [1.165, 1.54) is 48.4 Å². The van der Waals surface area contributed by atoms with Crippen LogP contribution in [0.5, 0.6) is 5.75 Å². The van der Waals surface area contributed by atoms with Crippen molar-refractivity contribution in [1.82, 2.24) is 0 Å². The van der Waals surface area contributed by atoms with Crippen molar-refractivity contribution in [2.75, 3.05) is 18.6 Å². The van der Waals surface area contributed by atoms with E-state index in [2.05, 4.69) is 0 Å². The highest BCUT2D eigenvalue weighted by molar-refractivity contribution is 6.07. The summed E-state index contributed by atoms with van der Waals surface area (Å²) in [4.78, 5) is 14.0. The number of carbonyl (C=O) groups excluding carboxylic acids is 1. The largest absolute Gasteiger partial charge is 0.496 e. The summed E-state index contributed by atoms with van der Waals surface area (Å²) >= 11 is 0. The van der Waals surface area contributed by atoms with E-state index in [1.54, 1.807) is 6.92 Å². The van der Waals surface area contributed by atoms with Gasteiger partial charge >= 0.3 is 0 Å². The van der Waals surface area contributed by atoms with Crippen LogP contribution in [0.25, 0.3) is 0 Å². The molecule has 21 heavy (non-hydrogen) atoms. The van der Waals surface area contributed by atoms with E-state index in [4.69, 9.17) is 4.74 Å². The van der Waals surface area contributed by atoms with Crippen molar-refractivity contribution in [2.45, 2.75) is 6.92 Å². The first-order chi connectivity index (χ1) is 10.1. The molecular weight excluding hydrogens is 276 g/mol. The summed E-state index contributed by atoms with van der Waals surface area (Å²) in [7, 11) is 1.41. The number of ether oxygens (including phenoxy) is 1. The van der Waals surface area contributed by atoms with Gasteiger partial charge in [-0.2, -0.15) is 0 Å². The number of nitrogens with zero attached hydrogens (tertiary/aromatic N) is 1. The molecule has 0 aliphatic heterocycles. The topological polar surface area (TPSA) is 29.5 Å². The first-order valence-electron chi connectivity index (χ1n) is 6.47. The average molecular weight is 291 g/mol. The van der Waals surface area contributed by atoms with Gasteiger partial charge in [-0.3, -0.25) is 4.79 Å². The molecule has 1 amide bonds. The lowest BCUT2D eigenvalue weighted by Crippen LogP contribution is -2.31. The average Bonchev–Trinajstić information content (AvgIpc) is 2.49. The minimum atomic E-state index is -0.519. The molecule has 0 heterocycles. The second-order valence-electron chi connectivity index (χ2n) is 4.37. The third kappa shape index (κ3) is 3.18. The van der Waals surface area contributed by atoms with Gasteiger partial charge in [-0.05, 0) is 49.4 Å². The number of amides is 1. The van der Waals surface area contributed by atoms with E-state index < -0.39 is 11.7 Å². The highest BCUT2D eigenvalue weighted by atomic mass is 19.1. The number of halogens is 2. The quantitative estimate of drug-likeness (QED) is 0.860. The van der Waals surface area contributed by atoms with Gasteiger partial charge in [0.05, 0.1) is 12.7 Å². The molecule has 0 aromatic heterocycles. The van der Waals surface area contributed by atoms with E-state index in [0.717, 1.165) is 6.07 Å². The highest BCUT2D eigenvalue weighted by Crippen LogP contribution is 2.24. The SMILES string of the molecule is CCN(C(=O)c1cc(F)ccc1OC)c1ccc(F)cc1. The van der Waals surface area contributed by atoms with Crippen LogP contribution < -0.4 is 9.64 Å². The number of methoxy groups -OCH3 is 1. The molecule has 0 spiro atoms. The number of benzene rings is 2.